The Morgan fingerprint density at radius 2 is 2.10 bits per heavy atom. The molecule has 0 amide bonds. The first-order valence-electron chi connectivity index (χ1n) is 6.81. The number of aromatic nitrogens is 2. The number of hydrogen-bond acceptors (Lipinski definition) is 4. The van der Waals surface area contributed by atoms with E-state index in [0.29, 0.717) is 6.04 Å². The number of hydrogen-bond donors (Lipinski definition) is 1. The maximum atomic E-state index is 5.37. The van der Waals surface area contributed by atoms with Crippen molar-refractivity contribution < 1.29 is 9.47 Å². The van der Waals surface area contributed by atoms with Crippen LogP contribution in [0.15, 0.2) is 30.7 Å². The Morgan fingerprint density at radius 3 is 2.80 bits per heavy atom. The van der Waals surface area contributed by atoms with Gasteiger partial charge in [-0.05, 0) is 31.5 Å². The van der Waals surface area contributed by atoms with E-state index in [9.17, 15) is 0 Å². The van der Waals surface area contributed by atoms with Crippen LogP contribution < -0.4 is 14.8 Å². The second-order valence-electron chi connectivity index (χ2n) is 4.88. The number of nitrogens with zero attached hydrogens (tertiary/aromatic N) is 2. The molecule has 1 aromatic carbocycles. The normalized spacial score (nSPS) is 18.2. The molecule has 3 rings (SSSR count). The largest absolute Gasteiger partial charge is 0.493 e. The van der Waals surface area contributed by atoms with Crippen LogP contribution in [0.25, 0.3) is 5.69 Å². The SMILES string of the molecule is COc1ccc(-n2cncc2C2CCCN2)cc1OC. The van der Waals surface area contributed by atoms with Gasteiger partial charge in [-0.15, -0.1) is 0 Å². The lowest BCUT2D eigenvalue weighted by Crippen LogP contribution is -2.16. The summed E-state index contributed by atoms with van der Waals surface area (Å²) in [7, 11) is 3.29. The van der Waals surface area contributed by atoms with E-state index in [2.05, 4.69) is 14.9 Å². The van der Waals surface area contributed by atoms with Gasteiger partial charge in [0, 0.05) is 12.1 Å². The molecule has 0 aliphatic carbocycles. The molecule has 0 radical (unpaired) electrons. The first-order valence-corrected chi connectivity index (χ1v) is 6.81. The monoisotopic (exact) mass is 273 g/mol. The average Bonchev–Trinajstić information content (AvgIpc) is 3.16. The van der Waals surface area contributed by atoms with Crippen LogP contribution in [-0.2, 0) is 0 Å². The highest BCUT2D eigenvalue weighted by atomic mass is 16.5. The van der Waals surface area contributed by atoms with Gasteiger partial charge in [0.15, 0.2) is 11.5 Å². The maximum absolute atomic E-state index is 5.37. The fourth-order valence-electron chi connectivity index (χ4n) is 2.69. The van der Waals surface area contributed by atoms with Crippen LogP contribution in [0.1, 0.15) is 24.6 Å². The first kappa shape index (κ1) is 13.0. The summed E-state index contributed by atoms with van der Waals surface area (Å²) in [5.74, 6) is 1.46. The quantitative estimate of drug-likeness (QED) is 0.928. The Hall–Kier alpha value is -2.01. The van der Waals surface area contributed by atoms with E-state index in [0.717, 1.165) is 30.2 Å². The van der Waals surface area contributed by atoms with E-state index in [-0.39, 0.29) is 0 Å². The molecule has 0 bridgehead atoms. The van der Waals surface area contributed by atoms with Gasteiger partial charge in [0.25, 0.3) is 0 Å². The van der Waals surface area contributed by atoms with Gasteiger partial charge in [0.2, 0.25) is 0 Å². The molecule has 0 saturated carbocycles. The Balaban J connectivity index is 1.99. The van der Waals surface area contributed by atoms with Gasteiger partial charge in [-0.1, -0.05) is 0 Å². The molecule has 1 aliphatic rings. The van der Waals surface area contributed by atoms with Crippen LogP contribution in [-0.4, -0.2) is 30.3 Å². The van der Waals surface area contributed by atoms with E-state index < -0.39 is 0 Å². The molecule has 1 fully saturated rings. The Bertz CT molecular complexity index is 589. The van der Waals surface area contributed by atoms with Crippen LogP contribution in [0.5, 0.6) is 11.5 Å². The fraction of sp³-hybridized carbons (Fsp3) is 0.400. The third-order valence-corrected chi connectivity index (χ3v) is 3.73. The summed E-state index contributed by atoms with van der Waals surface area (Å²) in [6.45, 7) is 1.07. The third-order valence-electron chi connectivity index (χ3n) is 3.73. The van der Waals surface area contributed by atoms with Crippen LogP contribution in [0, 0.1) is 0 Å². The van der Waals surface area contributed by atoms with Gasteiger partial charge in [-0.3, -0.25) is 0 Å². The second kappa shape index (κ2) is 5.54. The van der Waals surface area contributed by atoms with Gasteiger partial charge < -0.3 is 19.4 Å². The van der Waals surface area contributed by atoms with Crippen LogP contribution in [0.4, 0.5) is 0 Å². The van der Waals surface area contributed by atoms with Gasteiger partial charge in [0.1, 0.15) is 0 Å². The zero-order chi connectivity index (χ0) is 13.9. The van der Waals surface area contributed by atoms with Crippen molar-refractivity contribution >= 4 is 0 Å². The van der Waals surface area contributed by atoms with E-state index in [1.165, 1.54) is 12.1 Å². The molecule has 5 heteroatoms. The Kier molecular flexibility index (Phi) is 3.60. The third kappa shape index (κ3) is 2.25. The summed E-state index contributed by atoms with van der Waals surface area (Å²) in [6, 6.07) is 6.28. The van der Waals surface area contributed by atoms with Crippen molar-refractivity contribution in [1.29, 1.82) is 0 Å². The summed E-state index contributed by atoms with van der Waals surface area (Å²) in [4.78, 5) is 4.29. The van der Waals surface area contributed by atoms with Gasteiger partial charge in [-0.2, -0.15) is 0 Å². The molecule has 1 aromatic heterocycles. The van der Waals surface area contributed by atoms with E-state index in [4.69, 9.17) is 9.47 Å². The summed E-state index contributed by atoms with van der Waals surface area (Å²) in [5.41, 5.74) is 2.22. The molecule has 5 nitrogen and oxygen atoms in total. The van der Waals surface area contributed by atoms with Crippen LogP contribution >= 0.6 is 0 Å². The molecule has 2 aromatic rings. The molecule has 2 heterocycles. The molecular weight excluding hydrogens is 254 g/mol. The average molecular weight is 273 g/mol. The van der Waals surface area contributed by atoms with Crippen molar-refractivity contribution in [3.8, 4) is 17.2 Å². The van der Waals surface area contributed by atoms with Crippen molar-refractivity contribution in [2.45, 2.75) is 18.9 Å². The maximum Gasteiger partial charge on any atom is 0.162 e. The number of imidazole rings is 1. The summed E-state index contributed by atoms with van der Waals surface area (Å²) in [5, 5.41) is 3.50. The summed E-state index contributed by atoms with van der Waals surface area (Å²) < 4.78 is 12.7. The van der Waals surface area contributed by atoms with E-state index in [1.54, 1.807) is 14.2 Å². The number of benzene rings is 1. The van der Waals surface area contributed by atoms with Crippen molar-refractivity contribution in [1.82, 2.24) is 14.9 Å². The highest BCUT2D eigenvalue weighted by Crippen LogP contribution is 2.31. The van der Waals surface area contributed by atoms with Crippen molar-refractivity contribution in [2.75, 3.05) is 20.8 Å². The highest BCUT2D eigenvalue weighted by molar-refractivity contribution is 5.49. The van der Waals surface area contributed by atoms with E-state index >= 15 is 0 Å². The first-order chi connectivity index (χ1) is 9.83. The molecule has 1 aliphatic heterocycles. The lowest BCUT2D eigenvalue weighted by atomic mass is 10.1. The molecule has 1 atom stereocenters. The molecule has 1 N–H and O–H groups in total. The molecule has 106 valence electrons. The number of ether oxygens (including phenoxy) is 2. The predicted octanol–water partition coefficient (Wildman–Crippen LogP) is 2.31. The van der Waals surface area contributed by atoms with E-state index in [1.807, 2.05) is 30.7 Å². The standard InChI is InChI=1S/C15H19N3O2/c1-19-14-6-5-11(8-15(14)20-2)18-10-16-9-13(18)12-4-3-7-17-12/h5-6,8-10,12,17H,3-4,7H2,1-2H3. The molecule has 0 spiro atoms. The number of nitrogens with one attached hydrogen (secondary N) is 1. The van der Waals surface area contributed by atoms with Gasteiger partial charge >= 0.3 is 0 Å². The minimum Gasteiger partial charge on any atom is -0.493 e. The Labute approximate surface area is 118 Å². The van der Waals surface area contributed by atoms with Crippen LogP contribution in [0.3, 0.4) is 0 Å². The molecule has 1 unspecified atom stereocenters. The highest BCUT2D eigenvalue weighted by Gasteiger charge is 2.20. The summed E-state index contributed by atoms with van der Waals surface area (Å²) >= 11 is 0. The van der Waals surface area contributed by atoms with Crippen LogP contribution in [0.2, 0.25) is 0 Å². The van der Waals surface area contributed by atoms with Gasteiger partial charge in [0.05, 0.1) is 38.1 Å². The minimum absolute atomic E-state index is 0.380. The smallest absolute Gasteiger partial charge is 0.162 e. The number of rotatable bonds is 4. The van der Waals surface area contributed by atoms with Crippen molar-refractivity contribution in [3.05, 3.63) is 36.4 Å². The fourth-order valence-corrected chi connectivity index (χ4v) is 2.69. The molecule has 1 saturated heterocycles. The topological polar surface area (TPSA) is 48.3 Å². The summed E-state index contributed by atoms with van der Waals surface area (Å²) in [6.07, 6.45) is 6.14. The van der Waals surface area contributed by atoms with Gasteiger partial charge in [-0.25, -0.2) is 4.98 Å². The predicted molar refractivity (Wildman–Crippen MR) is 76.6 cm³/mol. The lowest BCUT2D eigenvalue weighted by molar-refractivity contribution is 0.355. The Morgan fingerprint density at radius 1 is 1.25 bits per heavy atom. The van der Waals surface area contributed by atoms with Crippen molar-refractivity contribution in [3.63, 3.8) is 0 Å². The van der Waals surface area contributed by atoms with Crippen molar-refractivity contribution in [2.24, 2.45) is 0 Å². The zero-order valence-electron chi connectivity index (χ0n) is 11.8. The lowest BCUT2D eigenvalue weighted by Gasteiger charge is -2.15. The molecule has 20 heavy (non-hydrogen) atoms. The molecular formula is C15H19N3O2. The minimum atomic E-state index is 0.380. The number of methoxy groups -OCH3 is 2. The zero-order valence-corrected chi connectivity index (χ0v) is 11.8. The second-order valence-corrected chi connectivity index (χ2v) is 4.88.